The van der Waals surface area contributed by atoms with E-state index in [2.05, 4.69) is 15.9 Å². The Hall–Kier alpha value is -1.09. The fraction of sp³-hybridized carbons (Fsp3) is 0.417. The van der Waals surface area contributed by atoms with Crippen molar-refractivity contribution in [1.82, 2.24) is 4.90 Å². The number of hydrogen-bond donors (Lipinski definition) is 0. The van der Waals surface area contributed by atoms with Gasteiger partial charge in [-0.2, -0.15) is 13.2 Å². The van der Waals surface area contributed by atoms with E-state index >= 15 is 0 Å². The minimum absolute atomic E-state index is 0.00141. The van der Waals surface area contributed by atoms with Crippen LogP contribution >= 0.6 is 15.9 Å². The predicted octanol–water partition coefficient (Wildman–Crippen LogP) is 2.34. The highest BCUT2D eigenvalue weighted by Gasteiger charge is 2.34. The molecule has 1 aromatic rings. The molecule has 0 unspecified atom stereocenters. The summed E-state index contributed by atoms with van der Waals surface area (Å²) in [5, 5.41) is 0. The Morgan fingerprint density at radius 2 is 1.76 bits per heavy atom. The molecule has 21 heavy (non-hydrogen) atoms. The van der Waals surface area contributed by atoms with Gasteiger partial charge in [0, 0.05) is 23.1 Å². The molecule has 1 saturated heterocycles. The minimum Gasteiger partial charge on any atom is -0.337 e. The van der Waals surface area contributed by atoms with E-state index in [1.54, 1.807) is 0 Å². The molecule has 0 aromatic heterocycles. The van der Waals surface area contributed by atoms with E-state index in [0.717, 1.165) is 12.1 Å². The molecule has 0 bridgehead atoms. The number of halogens is 4. The van der Waals surface area contributed by atoms with Gasteiger partial charge in [-0.3, -0.25) is 4.79 Å². The predicted molar refractivity (Wildman–Crippen MR) is 73.7 cm³/mol. The average molecular weight is 386 g/mol. The van der Waals surface area contributed by atoms with Gasteiger partial charge in [-0.15, -0.1) is 0 Å². The molecule has 1 aliphatic rings. The molecule has 0 atom stereocenters. The first-order valence-electron chi connectivity index (χ1n) is 5.96. The van der Waals surface area contributed by atoms with E-state index in [4.69, 9.17) is 0 Å². The van der Waals surface area contributed by atoms with Crippen LogP contribution in [0.5, 0.6) is 0 Å². The molecule has 1 aromatic carbocycles. The van der Waals surface area contributed by atoms with Crippen LogP contribution in [0.15, 0.2) is 22.7 Å². The van der Waals surface area contributed by atoms with E-state index in [1.807, 2.05) is 0 Å². The van der Waals surface area contributed by atoms with Crippen LogP contribution < -0.4 is 0 Å². The van der Waals surface area contributed by atoms with Crippen LogP contribution in [0.2, 0.25) is 0 Å². The molecule has 116 valence electrons. The normalized spacial score (nSPS) is 18.6. The molecule has 1 aliphatic heterocycles. The summed E-state index contributed by atoms with van der Waals surface area (Å²) in [4.78, 5) is 13.4. The Morgan fingerprint density at radius 1 is 1.19 bits per heavy atom. The van der Waals surface area contributed by atoms with Crippen LogP contribution in [0.25, 0.3) is 0 Å². The van der Waals surface area contributed by atoms with Crippen molar-refractivity contribution in [3.05, 3.63) is 33.8 Å². The second kappa shape index (κ2) is 5.60. The average Bonchev–Trinajstić information content (AvgIpc) is 2.37. The SMILES string of the molecule is O=C(c1ccc(Br)c(C(F)(F)F)c1)N1CCS(=O)(=O)CC1. The summed E-state index contributed by atoms with van der Waals surface area (Å²) < 4.78 is 60.8. The molecule has 2 rings (SSSR count). The first kappa shape index (κ1) is 16.3. The third-order valence-corrected chi connectivity index (χ3v) is 5.45. The lowest BCUT2D eigenvalue weighted by Gasteiger charge is -2.27. The summed E-state index contributed by atoms with van der Waals surface area (Å²) in [6.07, 6.45) is -4.57. The molecule has 0 spiro atoms. The van der Waals surface area contributed by atoms with Crippen LogP contribution in [-0.2, 0) is 16.0 Å². The number of amides is 1. The van der Waals surface area contributed by atoms with Gasteiger partial charge in [0.2, 0.25) is 0 Å². The number of rotatable bonds is 1. The molecule has 0 saturated carbocycles. The third kappa shape index (κ3) is 3.76. The van der Waals surface area contributed by atoms with Gasteiger partial charge in [-0.25, -0.2) is 8.42 Å². The highest BCUT2D eigenvalue weighted by Crippen LogP contribution is 2.35. The summed E-state index contributed by atoms with van der Waals surface area (Å²) in [6.45, 7) is -0.00281. The third-order valence-electron chi connectivity index (χ3n) is 3.15. The molecular formula is C12H11BrF3NO3S. The lowest BCUT2D eigenvalue weighted by atomic mass is 10.1. The van der Waals surface area contributed by atoms with Crippen LogP contribution in [0.4, 0.5) is 13.2 Å². The highest BCUT2D eigenvalue weighted by molar-refractivity contribution is 9.10. The molecule has 1 fully saturated rings. The molecular weight excluding hydrogens is 375 g/mol. The van der Waals surface area contributed by atoms with Crippen molar-refractivity contribution >= 4 is 31.7 Å². The van der Waals surface area contributed by atoms with Crippen molar-refractivity contribution in [3.8, 4) is 0 Å². The summed E-state index contributed by atoms with van der Waals surface area (Å²) in [5.41, 5.74) is -1.04. The molecule has 0 aliphatic carbocycles. The number of nitrogens with zero attached hydrogens (tertiary/aromatic N) is 1. The quantitative estimate of drug-likeness (QED) is 0.745. The number of hydrogen-bond acceptors (Lipinski definition) is 3. The van der Waals surface area contributed by atoms with Gasteiger partial charge in [0.1, 0.15) is 0 Å². The maximum atomic E-state index is 12.8. The van der Waals surface area contributed by atoms with Crippen LogP contribution in [0.1, 0.15) is 15.9 Å². The number of benzene rings is 1. The maximum Gasteiger partial charge on any atom is 0.417 e. The van der Waals surface area contributed by atoms with Crippen molar-refractivity contribution in [1.29, 1.82) is 0 Å². The fourth-order valence-electron chi connectivity index (χ4n) is 1.97. The van der Waals surface area contributed by atoms with E-state index < -0.39 is 27.5 Å². The van der Waals surface area contributed by atoms with E-state index in [-0.39, 0.29) is 34.6 Å². The zero-order valence-electron chi connectivity index (χ0n) is 10.7. The maximum absolute atomic E-state index is 12.8. The zero-order chi connectivity index (χ0) is 15.8. The van der Waals surface area contributed by atoms with Gasteiger partial charge < -0.3 is 4.90 Å². The Morgan fingerprint density at radius 3 is 2.29 bits per heavy atom. The van der Waals surface area contributed by atoms with Gasteiger partial charge in [0.15, 0.2) is 9.84 Å². The number of carbonyl (C=O) groups is 1. The number of sulfone groups is 1. The van der Waals surface area contributed by atoms with E-state index in [1.165, 1.54) is 11.0 Å². The second-order valence-corrected chi connectivity index (χ2v) is 7.79. The number of carbonyl (C=O) groups excluding carboxylic acids is 1. The lowest BCUT2D eigenvalue weighted by molar-refractivity contribution is -0.138. The van der Waals surface area contributed by atoms with Crippen LogP contribution in [0.3, 0.4) is 0 Å². The van der Waals surface area contributed by atoms with Crippen LogP contribution in [0, 0.1) is 0 Å². The van der Waals surface area contributed by atoms with Crippen molar-refractivity contribution in [2.75, 3.05) is 24.6 Å². The Bertz CT molecular complexity index is 659. The molecule has 4 nitrogen and oxygen atoms in total. The summed E-state index contributed by atoms with van der Waals surface area (Å²) >= 11 is 2.80. The van der Waals surface area contributed by atoms with E-state index in [9.17, 15) is 26.4 Å². The minimum atomic E-state index is -4.57. The van der Waals surface area contributed by atoms with Gasteiger partial charge in [0.05, 0.1) is 17.1 Å². The standard InChI is InChI=1S/C12H11BrF3NO3S/c13-10-2-1-8(7-9(10)12(14,15)16)11(18)17-3-5-21(19,20)6-4-17/h1-2,7H,3-6H2. The molecule has 9 heteroatoms. The largest absolute Gasteiger partial charge is 0.417 e. The summed E-state index contributed by atoms with van der Waals surface area (Å²) in [6, 6.07) is 3.22. The van der Waals surface area contributed by atoms with Crippen molar-refractivity contribution in [3.63, 3.8) is 0 Å². The fourth-order valence-corrected chi connectivity index (χ4v) is 3.65. The molecule has 0 N–H and O–H groups in total. The van der Waals surface area contributed by atoms with Gasteiger partial charge in [-0.05, 0) is 18.2 Å². The molecule has 0 radical (unpaired) electrons. The lowest BCUT2D eigenvalue weighted by Crippen LogP contribution is -2.43. The van der Waals surface area contributed by atoms with Crippen molar-refractivity contribution in [2.45, 2.75) is 6.18 Å². The highest BCUT2D eigenvalue weighted by atomic mass is 79.9. The second-order valence-electron chi connectivity index (χ2n) is 4.64. The van der Waals surface area contributed by atoms with Crippen LogP contribution in [-0.4, -0.2) is 43.8 Å². The smallest absolute Gasteiger partial charge is 0.337 e. The van der Waals surface area contributed by atoms with Crippen molar-refractivity contribution in [2.24, 2.45) is 0 Å². The van der Waals surface area contributed by atoms with E-state index in [0.29, 0.717) is 0 Å². The first-order valence-corrected chi connectivity index (χ1v) is 8.58. The first-order chi connectivity index (χ1) is 9.60. The molecule has 1 heterocycles. The molecule has 1 amide bonds. The van der Waals surface area contributed by atoms with Gasteiger partial charge >= 0.3 is 6.18 Å². The van der Waals surface area contributed by atoms with Crippen molar-refractivity contribution < 1.29 is 26.4 Å². The number of alkyl halides is 3. The van der Waals surface area contributed by atoms with Gasteiger partial charge in [0.25, 0.3) is 5.91 Å². The Balaban J connectivity index is 2.25. The Kier molecular flexibility index (Phi) is 4.34. The van der Waals surface area contributed by atoms with Gasteiger partial charge in [-0.1, -0.05) is 15.9 Å². The monoisotopic (exact) mass is 385 g/mol. The Labute approximate surface area is 128 Å². The summed E-state index contributed by atoms with van der Waals surface area (Å²) in [5.74, 6) is -0.925. The zero-order valence-corrected chi connectivity index (χ0v) is 13.1. The summed E-state index contributed by atoms with van der Waals surface area (Å²) in [7, 11) is -3.15. The topological polar surface area (TPSA) is 54.5 Å².